The molecule has 0 radical (unpaired) electrons. The fourth-order valence-corrected chi connectivity index (χ4v) is 2.51. The van der Waals surface area contributed by atoms with E-state index in [4.69, 9.17) is 4.74 Å². The van der Waals surface area contributed by atoms with Crippen molar-refractivity contribution in [1.29, 1.82) is 0 Å². The summed E-state index contributed by atoms with van der Waals surface area (Å²) in [6.07, 6.45) is -3.23. The van der Waals surface area contributed by atoms with Crippen LogP contribution in [0.4, 0.5) is 19.0 Å². The van der Waals surface area contributed by atoms with Crippen molar-refractivity contribution in [3.63, 3.8) is 0 Å². The largest absolute Gasteiger partial charge is 0.416 e. The molecule has 1 aliphatic heterocycles. The van der Waals surface area contributed by atoms with Gasteiger partial charge in [-0.3, -0.25) is 4.90 Å². The minimum absolute atomic E-state index is 0.0381. The quantitative estimate of drug-likeness (QED) is 0.906. The van der Waals surface area contributed by atoms with Crippen LogP contribution >= 0.6 is 0 Å². The number of ether oxygens (including phenoxy) is 1. The van der Waals surface area contributed by atoms with Crippen LogP contribution in [0.2, 0.25) is 0 Å². The highest BCUT2D eigenvalue weighted by molar-refractivity contribution is 5.38. The Balaban J connectivity index is 1.87. The van der Waals surface area contributed by atoms with Crippen LogP contribution in [-0.4, -0.2) is 48.8 Å². The number of aromatic nitrogens is 1. The Morgan fingerprint density at radius 2 is 2.23 bits per heavy atom. The van der Waals surface area contributed by atoms with E-state index >= 15 is 0 Å². The van der Waals surface area contributed by atoms with Crippen molar-refractivity contribution in [2.75, 3.05) is 38.1 Å². The summed E-state index contributed by atoms with van der Waals surface area (Å²) in [5.74, 6) is 0.802. The van der Waals surface area contributed by atoms with Crippen LogP contribution in [0.1, 0.15) is 19.4 Å². The lowest BCUT2D eigenvalue weighted by molar-refractivity contribution is -0.137. The fourth-order valence-electron chi connectivity index (χ4n) is 2.51. The van der Waals surface area contributed by atoms with E-state index in [-0.39, 0.29) is 11.9 Å². The summed E-state index contributed by atoms with van der Waals surface area (Å²) in [4.78, 5) is 6.24. The number of hydrogen-bond acceptors (Lipinski definition) is 4. The minimum Gasteiger partial charge on any atom is -0.374 e. The monoisotopic (exact) mass is 317 g/mol. The molecule has 1 aromatic heterocycles. The molecule has 0 aliphatic carbocycles. The third kappa shape index (κ3) is 5.14. The predicted molar refractivity (Wildman–Crippen MR) is 78.7 cm³/mol. The molecule has 0 amide bonds. The molecule has 0 bridgehead atoms. The van der Waals surface area contributed by atoms with Crippen molar-refractivity contribution in [3.8, 4) is 0 Å². The number of rotatable bonds is 5. The van der Waals surface area contributed by atoms with Gasteiger partial charge in [0.15, 0.2) is 0 Å². The van der Waals surface area contributed by atoms with Gasteiger partial charge in [-0.25, -0.2) is 4.98 Å². The lowest BCUT2D eigenvalue weighted by Gasteiger charge is -2.34. The summed E-state index contributed by atoms with van der Waals surface area (Å²) in [6.45, 7) is 8.10. The Hall–Kier alpha value is -1.34. The van der Waals surface area contributed by atoms with Crippen LogP contribution in [-0.2, 0) is 10.9 Å². The molecule has 0 saturated carbocycles. The molecule has 1 aliphatic rings. The Morgan fingerprint density at radius 3 is 2.91 bits per heavy atom. The van der Waals surface area contributed by atoms with Crippen LogP contribution in [0.3, 0.4) is 0 Å². The summed E-state index contributed by atoms with van der Waals surface area (Å²) in [5.41, 5.74) is -0.698. The Morgan fingerprint density at radius 1 is 1.45 bits per heavy atom. The van der Waals surface area contributed by atoms with Crippen LogP contribution in [0.5, 0.6) is 0 Å². The van der Waals surface area contributed by atoms with E-state index in [1.54, 1.807) is 0 Å². The molecule has 0 aromatic carbocycles. The molecule has 4 nitrogen and oxygen atoms in total. The molecule has 1 fully saturated rings. The van der Waals surface area contributed by atoms with Crippen LogP contribution in [0, 0.1) is 5.92 Å². The first kappa shape index (κ1) is 17.0. The third-order valence-electron chi connectivity index (χ3n) is 3.44. The van der Waals surface area contributed by atoms with Gasteiger partial charge < -0.3 is 10.1 Å². The van der Waals surface area contributed by atoms with E-state index < -0.39 is 11.7 Å². The second-order valence-corrected chi connectivity index (χ2v) is 5.95. The third-order valence-corrected chi connectivity index (χ3v) is 3.44. The van der Waals surface area contributed by atoms with Crippen molar-refractivity contribution < 1.29 is 17.9 Å². The Labute approximate surface area is 128 Å². The van der Waals surface area contributed by atoms with Crippen molar-refractivity contribution in [3.05, 3.63) is 23.9 Å². The van der Waals surface area contributed by atoms with E-state index in [2.05, 4.69) is 29.0 Å². The van der Waals surface area contributed by atoms with E-state index in [1.807, 2.05) is 0 Å². The maximum atomic E-state index is 12.6. The Bertz CT molecular complexity index is 479. The van der Waals surface area contributed by atoms with Gasteiger partial charge in [-0.2, -0.15) is 13.2 Å². The van der Waals surface area contributed by atoms with Gasteiger partial charge in [0.25, 0.3) is 0 Å². The molecule has 0 spiro atoms. The molecule has 2 rings (SSSR count). The second kappa shape index (κ2) is 7.28. The molecule has 7 heteroatoms. The first-order valence-electron chi connectivity index (χ1n) is 7.45. The van der Waals surface area contributed by atoms with Gasteiger partial charge in [-0.05, 0) is 18.1 Å². The molecule has 2 heterocycles. The van der Waals surface area contributed by atoms with Crippen molar-refractivity contribution in [1.82, 2.24) is 9.88 Å². The van der Waals surface area contributed by atoms with Crippen molar-refractivity contribution >= 4 is 5.82 Å². The topological polar surface area (TPSA) is 37.4 Å². The van der Waals surface area contributed by atoms with Gasteiger partial charge in [0, 0.05) is 32.4 Å². The number of morpholine rings is 1. The highest BCUT2D eigenvalue weighted by atomic mass is 19.4. The number of alkyl halides is 3. The lowest BCUT2D eigenvalue weighted by atomic mass is 10.2. The summed E-state index contributed by atoms with van der Waals surface area (Å²) >= 11 is 0. The maximum Gasteiger partial charge on any atom is 0.416 e. The van der Waals surface area contributed by atoms with Gasteiger partial charge in [0.1, 0.15) is 5.82 Å². The first-order chi connectivity index (χ1) is 10.3. The number of anilines is 1. The van der Waals surface area contributed by atoms with Gasteiger partial charge >= 0.3 is 6.18 Å². The van der Waals surface area contributed by atoms with Crippen molar-refractivity contribution in [2.45, 2.75) is 26.1 Å². The van der Waals surface area contributed by atoms with E-state index in [0.29, 0.717) is 19.1 Å². The van der Waals surface area contributed by atoms with Gasteiger partial charge in [0.2, 0.25) is 0 Å². The summed E-state index contributed by atoms with van der Waals surface area (Å²) in [6, 6.07) is 1.99. The molecule has 1 saturated heterocycles. The first-order valence-corrected chi connectivity index (χ1v) is 7.45. The smallest absolute Gasteiger partial charge is 0.374 e. The number of pyridine rings is 1. The van der Waals surface area contributed by atoms with Gasteiger partial charge in [-0.1, -0.05) is 13.8 Å². The maximum absolute atomic E-state index is 12.6. The van der Waals surface area contributed by atoms with E-state index in [0.717, 1.165) is 38.0 Å². The van der Waals surface area contributed by atoms with Gasteiger partial charge in [-0.15, -0.1) is 0 Å². The number of halogens is 3. The average molecular weight is 317 g/mol. The summed E-state index contributed by atoms with van der Waals surface area (Å²) in [5, 5.41) is 2.94. The summed E-state index contributed by atoms with van der Waals surface area (Å²) < 4.78 is 43.6. The predicted octanol–water partition coefficient (Wildman–Crippen LogP) is 2.87. The van der Waals surface area contributed by atoms with E-state index in [1.165, 1.54) is 0 Å². The molecule has 22 heavy (non-hydrogen) atoms. The zero-order chi connectivity index (χ0) is 16.2. The molecule has 1 unspecified atom stereocenters. The van der Waals surface area contributed by atoms with Crippen LogP contribution in [0.25, 0.3) is 0 Å². The van der Waals surface area contributed by atoms with E-state index in [9.17, 15) is 13.2 Å². The normalized spacial score (nSPS) is 20.4. The summed E-state index contributed by atoms with van der Waals surface area (Å²) in [7, 11) is 0. The number of nitrogens with one attached hydrogen (secondary N) is 1. The zero-order valence-corrected chi connectivity index (χ0v) is 12.9. The second-order valence-electron chi connectivity index (χ2n) is 5.95. The zero-order valence-electron chi connectivity index (χ0n) is 12.9. The highest BCUT2D eigenvalue weighted by Crippen LogP contribution is 2.29. The van der Waals surface area contributed by atoms with Crippen molar-refractivity contribution in [2.24, 2.45) is 5.92 Å². The molecule has 1 N–H and O–H groups in total. The van der Waals surface area contributed by atoms with Gasteiger partial charge in [0.05, 0.1) is 18.3 Å². The SMILES string of the molecule is CC(C)CN1CCOC(CNc2cc(C(F)(F)F)ccn2)C1. The molecule has 124 valence electrons. The van der Waals surface area contributed by atoms with Crippen LogP contribution in [0.15, 0.2) is 18.3 Å². The number of hydrogen-bond donors (Lipinski definition) is 1. The molecule has 1 aromatic rings. The Kier molecular flexibility index (Phi) is 5.63. The number of nitrogens with zero attached hydrogens (tertiary/aromatic N) is 2. The molecule has 1 atom stereocenters. The minimum atomic E-state index is -4.35. The highest BCUT2D eigenvalue weighted by Gasteiger charge is 2.30. The molecular weight excluding hydrogens is 295 g/mol. The van der Waals surface area contributed by atoms with Crippen LogP contribution < -0.4 is 5.32 Å². The molecular formula is C15H22F3N3O. The lowest BCUT2D eigenvalue weighted by Crippen LogP contribution is -2.46. The fraction of sp³-hybridized carbons (Fsp3) is 0.667. The standard InChI is InChI=1S/C15H22F3N3O/c1-11(2)9-21-5-6-22-13(10-21)8-20-14-7-12(3-4-19-14)15(16,17)18/h3-4,7,11,13H,5-6,8-10H2,1-2H3,(H,19,20). The average Bonchev–Trinajstić information content (AvgIpc) is 2.44.